The van der Waals surface area contributed by atoms with E-state index in [1.165, 1.54) is 16.3 Å². The molecule has 5 nitrogen and oxygen atoms in total. The molecule has 4 aromatic heterocycles. The lowest BCUT2D eigenvalue weighted by molar-refractivity contribution is 1.15. The molecule has 0 aliphatic heterocycles. The van der Waals surface area contributed by atoms with Crippen LogP contribution in [0.2, 0.25) is 0 Å². The van der Waals surface area contributed by atoms with Gasteiger partial charge in [0, 0.05) is 39.4 Å². The zero-order chi connectivity index (χ0) is 32.7. The van der Waals surface area contributed by atoms with Crippen molar-refractivity contribution in [1.82, 2.24) is 24.9 Å². The first-order valence-electron chi connectivity index (χ1n) is 16.3. The van der Waals surface area contributed by atoms with E-state index in [1.807, 2.05) is 43.3 Å². The van der Waals surface area contributed by atoms with Crippen molar-refractivity contribution in [3.63, 3.8) is 0 Å². The molecule has 0 saturated carbocycles. The van der Waals surface area contributed by atoms with Gasteiger partial charge in [-0.1, -0.05) is 115 Å². The Hall–Kier alpha value is -6.59. The molecule has 0 N–H and O–H groups in total. The molecular formula is C44H29N5. The van der Waals surface area contributed by atoms with E-state index in [-0.39, 0.29) is 0 Å². The fourth-order valence-corrected chi connectivity index (χ4v) is 6.60. The Morgan fingerprint density at radius 1 is 0.388 bits per heavy atom. The molecule has 0 radical (unpaired) electrons. The van der Waals surface area contributed by atoms with Crippen molar-refractivity contribution in [1.29, 1.82) is 0 Å². The molecular weight excluding hydrogens is 599 g/mol. The molecule has 49 heavy (non-hydrogen) atoms. The van der Waals surface area contributed by atoms with E-state index in [0.717, 1.165) is 72.5 Å². The average molecular weight is 628 g/mol. The lowest BCUT2D eigenvalue weighted by Gasteiger charge is -2.15. The van der Waals surface area contributed by atoms with E-state index >= 15 is 0 Å². The fraction of sp³-hybridized carbons (Fsp3) is 0.0227. The van der Waals surface area contributed by atoms with Crippen LogP contribution < -0.4 is 0 Å². The zero-order valence-corrected chi connectivity index (χ0v) is 26.7. The number of fused-ring (bicyclic) bond motifs is 4. The van der Waals surface area contributed by atoms with Crippen LogP contribution in [-0.2, 0) is 0 Å². The lowest BCUT2D eigenvalue weighted by Crippen LogP contribution is -1.97. The third-order valence-corrected chi connectivity index (χ3v) is 9.00. The minimum absolute atomic E-state index is 0.581. The first kappa shape index (κ1) is 28.6. The van der Waals surface area contributed by atoms with E-state index < -0.39 is 0 Å². The quantitative estimate of drug-likeness (QED) is 0.178. The van der Waals surface area contributed by atoms with Gasteiger partial charge in [-0.15, -0.1) is 0 Å². The lowest BCUT2D eigenvalue weighted by atomic mass is 9.93. The summed E-state index contributed by atoms with van der Waals surface area (Å²) in [6, 6.07) is 52.3. The van der Waals surface area contributed by atoms with Crippen LogP contribution in [0.4, 0.5) is 0 Å². The van der Waals surface area contributed by atoms with Gasteiger partial charge in [-0.2, -0.15) is 0 Å². The molecule has 5 aromatic carbocycles. The number of hydrogen-bond acceptors (Lipinski definition) is 5. The number of aryl methyl sites for hydroxylation is 1. The number of pyridine rings is 3. The topological polar surface area (TPSA) is 64.5 Å². The summed E-state index contributed by atoms with van der Waals surface area (Å²) in [6.45, 7) is 2.03. The van der Waals surface area contributed by atoms with E-state index in [9.17, 15) is 0 Å². The molecule has 4 heterocycles. The van der Waals surface area contributed by atoms with Crippen LogP contribution >= 0.6 is 0 Å². The van der Waals surface area contributed by atoms with Crippen molar-refractivity contribution in [2.45, 2.75) is 6.92 Å². The SMILES string of the molecule is Cc1ccc2ccc3c(-c4cccc5ccccc45)cc(-c4cccc(-c5cc(-c6ccccc6)nc(-c6ccccn6)n5)c4)nc3c2n1. The van der Waals surface area contributed by atoms with Gasteiger partial charge in [0.05, 0.1) is 28.1 Å². The van der Waals surface area contributed by atoms with Gasteiger partial charge in [0.15, 0.2) is 5.82 Å². The second-order valence-electron chi connectivity index (χ2n) is 12.2. The Labute approximate surface area is 283 Å². The molecule has 0 bridgehead atoms. The summed E-state index contributed by atoms with van der Waals surface area (Å²) in [5.41, 5.74) is 11.3. The van der Waals surface area contributed by atoms with Crippen LogP contribution in [0.15, 0.2) is 158 Å². The zero-order valence-electron chi connectivity index (χ0n) is 26.7. The molecule has 0 aliphatic rings. The summed E-state index contributed by atoms with van der Waals surface area (Å²) < 4.78 is 0. The van der Waals surface area contributed by atoms with Gasteiger partial charge in [0.1, 0.15) is 5.69 Å². The average Bonchev–Trinajstić information content (AvgIpc) is 3.17. The molecule has 5 heteroatoms. The highest BCUT2D eigenvalue weighted by molar-refractivity contribution is 6.12. The number of aromatic nitrogens is 5. The number of hydrogen-bond donors (Lipinski definition) is 0. The highest BCUT2D eigenvalue weighted by Crippen LogP contribution is 2.39. The Bertz CT molecular complexity index is 2610. The Morgan fingerprint density at radius 2 is 1.08 bits per heavy atom. The van der Waals surface area contributed by atoms with E-state index in [0.29, 0.717) is 5.82 Å². The predicted octanol–water partition coefficient (Wildman–Crippen LogP) is 10.8. The van der Waals surface area contributed by atoms with Gasteiger partial charge in [0.25, 0.3) is 0 Å². The smallest absolute Gasteiger partial charge is 0.179 e. The van der Waals surface area contributed by atoms with Crippen molar-refractivity contribution in [2.24, 2.45) is 0 Å². The van der Waals surface area contributed by atoms with Crippen LogP contribution in [0, 0.1) is 6.92 Å². The molecule has 0 spiro atoms. The Morgan fingerprint density at radius 3 is 1.92 bits per heavy atom. The Kier molecular flexibility index (Phi) is 6.95. The second kappa shape index (κ2) is 11.9. The summed E-state index contributed by atoms with van der Waals surface area (Å²) in [5, 5.41) is 4.54. The van der Waals surface area contributed by atoms with Crippen molar-refractivity contribution in [3.05, 3.63) is 164 Å². The molecule has 0 amide bonds. The van der Waals surface area contributed by atoms with E-state index in [2.05, 4.69) is 120 Å². The van der Waals surface area contributed by atoms with Gasteiger partial charge < -0.3 is 0 Å². The van der Waals surface area contributed by atoms with Crippen molar-refractivity contribution >= 4 is 32.6 Å². The summed E-state index contributed by atoms with van der Waals surface area (Å²) in [7, 11) is 0. The third-order valence-electron chi connectivity index (χ3n) is 9.00. The predicted molar refractivity (Wildman–Crippen MR) is 200 cm³/mol. The van der Waals surface area contributed by atoms with Gasteiger partial charge >= 0.3 is 0 Å². The van der Waals surface area contributed by atoms with E-state index in [4.69, 9.17) is 19.9 Å². The van der Waals surface area contributed by atoms with Crippen LogP contribution in [0.25, 0.3) is 89.0 Å². The van der Waals surface area contributed by atoms with Crippen molar-refractivity contribution < 1.29 is 0 Å². The number of benzene rings is 5. The minimum atomic E-state index is 0.581. The molecule has 230 valence electrons. The summed E-state index contributed by atoms with van der Waals surface area (Å²) in [6.07, 6.45) is 1.77. The standard InChI is InChI=1S/C44H29N5/c1-28-20-21-31-22-23-36-37(35-18-10-14-29-11-5-6-17-34(29)35)26-39(47-43(36)42(31)46-28)32-15-9-16-33(25-32)41-27-40(30-12-3-2-4-13-30)48-44(49-41)38-19-7-8-24-45-38/h2-27H,1H3. The molecule has 0 aliphatic carbocycles. The molecule has 9 aromatic rings. The van der Waals surface area contributed by atoms with Crippen LogP contribution in [0.3, 0.4) is 0 Å². The number of nitrogens with zero attached hydrogens (tertiary/aromatic N) is 5. The fourth-order valence-electron chi connectivity index (χ4n) is 6.60. The first-order chi connectivity index (χ1) is 24.2. The normalized spacial score (nSPS) is 11.4. The van der Waals surface area contributed by atoms with Crippen molar-refractivity contribution in [2.75, 3.05) is 0 Å². The molecule has 0 atom stereocenters. The van der Waals surface area contributed by atoms with Crippen molar-refractivity contribution in [3.8, 4) is 56.4 Å². The molecule has 0 unspecified atom stereocenters. The maximum atomic E-state index is 5.34. The van der Waals surface area contributed by atoms with Gasteiger partial charge in [-0.25, -0.2) is 15.0 Å². The van der Waals surface area contributed by atoms with E-state index in [1.54, 1.807) is 6.20 Å². The molecule has 0 fully saturated rings. The first-order valence-corrected chi connectivity index (χ1v) is 16.3. The van der Waals surface area contributed by atoms with Gasteiger partial charge in [-0.3, -0.25) is 9.97 Å². The summed E-state index contributed by atoms with van der Waals surface area (Å²) in [4.78, 5) is 24.9. The van der Waals surface area contributed by atoms with Gasteiger partial charge in [-0.05, 0) is 65.2 Å². The second-order valence-corrected chi connectivity index (χ2v) is 12.2. The number of rotatable bonds is 5. The van der Waals surface area contributed by atoms with Crippen LogP contribution in [0.5, 0.6) is 0 Å². The highest BCUT2D eigenvalue weighted by atomic mass is 14.9. The maximum absolute atomic E-state index is 5.34. The maximum Gasteiger partial charge on any atom is 0.179 e. The third kappa shape index (κ3) is 5.28. The summed E-state index contributed by atoms with van der Waals surface area (Å²) >= 11 is 0. The van der Waals surface area contributed by atoms with Gasteiger partial charge in [0.2, 0.25) is 0 Å². The van der Waals surface area contributed by atoms with Crippen LogP contribution in [0.1, 0.15) is 5.69 Å². The summed E-state index contributed by atoms with van der Waals surface area (Å²) in [5.74, 6) is 0.581. The van der Waals surface area contributed by atoms with Crippen LogP contribution in [-0.4, -0.2) is 24.9 Å². The largest absolute Gasteiger partial charge is 0.253 e. The minimum Gasteiger partial charge on any atom is -0.253 e. The Balaban J connectivity index is 1.27. The molecule has 0 saturated heterocycles. The molecule has 9 rings (SSSR count). The highest BCUT2D eigenvalue weighted by Gasteiger charge is 2.17. The monoisotopic (exact) mass is 627 g/mol.